The third kappa shape index (κ3) is 2.53. The molecule has 2 nitrogen and oxygen atoms in total. The monoisotopic (exact) mass is 178 g/mol. The second-order valence-electron chi connectivity index (χ2n) is 2.70. The van der Waals surface area contributed by atoms with Gasteiger partial charge in [-0.05, 0) is 13.0 Å². The lowest BCUT2D eigenvalue weighted by Gasteiger charge is -2.12. The molecule has 0 bridgehead atoms. The number of aromatic nitrogens is 1. The van der Waals surface area contributed by atoms with Crippen LogP contribution in [0.4, 0.5) is 4.39 Å². The Morgan fingerprint density at radius 3 is 3.15 bits per heavy atom. The predicted molar refractivity (Wildman–Crippen MR) is 49.4 cm³/mol. The van der Waals surface area contributed by atoms with Crippen LogP contribution in [-0.4, -0.2) is 11.5 Å². The summed E-state index contributed by atoms with van der Waals surface area (Å²) in [5, 5.41) is 2.99. The predicted octanol–water partition coefficient (Wildman–Crippen LogP) is 1.50. The van der Waals surface area contributed by atoms with Crippen LogP contribution in [0.15, 0.2) is 18.5 Å². The summed E-state index contributed by atoms with van der Waals surface area (Å²) in [6.07, 6.45) is 7.83. The van der Waals surface area contributed by atoms with Gasteiger partial charge in [0.05, 0.1) is 12.7 Å². The Labute approximate surface area is 77.2 Å². The fraction of sp³-hybridized carbons (Fsp3) is 0.300. The molecule has 0 aliphatic rings. The summed E-state index contributed by atoms with van der Waals surface area (Å²) in [6, 6.07) is 1.56. The summed E-state index contributed by atoms with van der Waals surface area (Å²) in [5.74, 6) is 2.13. The molecule has 1 aromatic rings. The Hall–Kier alpha value is -1.40. The Balaban J connectivity index is 2.72. The number of hydrogen-bond donors (Lipinski definition) is 1. The van der Waals surface area contributed by atoms with E-state index in [0.29, 0.717) is 12.1 Å². The van der Waals surface area contributed by atoms with Crippen molar-refractivity contribution < 1.29 is 4.39 Å². The van der Waals surface area contributed by atoms with Crippen LogP contribution in [-0.2, 0) is 0 Å². The van der Waals surface area contributed by atoms with Crippen LogP contribution in [0.3, 0.4) is 0 Å². The fourth-order valence-corrected chi connectivity index (χ4v) is 1.06. The van der Waals surface area contributed by atoms with E-state index >= 15 is 0 Å². The van der Waals surface area contributed by atoms with Gasteiger partial charge in [0.15, 0.2) is 0 Å². The van der Waals surface area contributed by atoms with E-state index in [1.54, 1.807) is 12.3 Å². The zero-order valence-corrected chi connectivity index (χ0v) is 7.42. The van der Waals surface area contributed by atoms with Gasteiger partial charge in [-0.3, -0.25) is 10.3 Å². The molecule has 68 valence electrons. The van der Waals surface area contributed by atoms with Gasteiger partial charge in [0, 0.05) is 17.8 Å². The third-order valence-corrected chi connectivity index (χ3v) is 1.78. The lowest BCUT2D eigenvalue weighted by molar-refractivity contribution is 0.547. The molecule has 1 N–H and O–H groups in total. The summed E-state index contributed by atoms with van der Waals surface area (Å²) < 4.78 is 13.1. The first kappa shape index (κ1) is 9.69. The highest BCUT2D eigenvalue weighted by molar-refractivity contribution is 5.16. The van der Waals surface area contributed by atoms with Gasteiger partial charge in [-0.15, -0.1) is 6.42 Å². The summed E-state index contributed by atoms with van der Waals surface area (Å²) in [5.41, 5.74) is 0.588. The van der Waals surface area contributed by atoms with Crippen LogP contribution in [0.1, 0.15) is 18.5 Å². The molecule has 1 atom stereocenters. The molecule has 0 spiro atoms. The number of hydrogen-bond acceptors (Lipinski definition) is 2. The van der Waals surface area contributed by atoms with Crippen LogP contribution < -0.4 is 5.32 Å². The van der Waals surface area contributed by atoms with Gasteiger partial charge in [-0.2, -0.15) is 0 Å². The van der Waals surface area contributed by atoms with Crippen LogP contribution >= 0.6 is 0 Å². The molecule has 0 radical (unpaired) electrons. The van der Waals surface area contributed by atoms with Crippen molar-refractivity contribution in [2.75, 3.05) is 6.54 Å². The SMILES string of the molecule is C#CCNC(C)c1ccncc1F. The molecule has 0 amide bonds. The zero-order chi connectivity index (χ0) is 9.68. The summed E-state index contributed by atoms with van der Waals surface area (Å²) in [7, 11) is 0. The quantitative estimate of drug-likeness (QED) is 0.709. The highest BCUT2D eigenvalue weighted by Gasteiger charge is 2.08. The first-order valence-corrected chi connectivity index (χ1v) is 4.02. The third-order valence-electron chi connectivity index (χ3n) is 1.78. The molecule has 0 saturated carbocycles. The van der Waals surface area contributed by atoms with Crippen molar-refractivity contribution >= 4 is 0 Å². The normalized spacial score (nSPS) is 12.1. The van der Waals surface area contributed by atoms with Gasteiger partial charge in [0.1, 0.15) is 5.82 Å². The Bertz CT molecular complexity index is 317. The van der Waals surface area contributed by atoms with Crippen molar-refractivity contribution in [1.29, 1.82) is 0 Å². The molecule has 0 aromatic carbocycles. The van der Waals surface area contributed by atoms with E-state index < -0.39 is 0 Å². The second kappa shape index (κ2) is 4.58. The highest BCUT2D eigenvalue weighted by atomic mass is 19.1. The molecule has 1 rings (SSSR count). The maximum absolute atomic E-state index is 13.1. The minimum absolute atomic E-state index is 0.0842. The smallest absolute Gasteiger partial charge is 0.146 e. The van der Waals surface area contributed by atoms with Crippen molar-refractivity contribution in [1.82, 2.24) is 10.3 Å². The molecule has 1 unspecified atom stereocenters. The molecule has 0 saturated heterocycles. The first-order chi connectivity index (χ1) is 6.25. The number of nitrogens with zero attached hydrogens (tertiary/aromatic N) is 1. The molecule has 0 fully saturated rings. The van der Waals surface area contributed by atoms with Crippen LogP contribution in [0.5, 0.6) is 0 Å². The molecular weight excluding hydrogens is 167 g/mol. The minimum atomic E-state index is -0.306. The minimum Gasteiger partial charge on any atom is -0.299 e. The largest absolute Gasteiger partial charge is 0.299 e. The van der Waals surface area contributed by atoms with Gasteiger partial charge in [-0.1, -0.05) is 5.92 Å². The lowest BCUT2D eigenvalue weighted by atomic mass is 10.1. The summed E-state index contributed by atoms with van der Waals surface area (Å²) >= 11 is 0. The molecule has 1 aromatic heterocycles. The van der Waals surface area contributed by atoms with Crippen molar-refractivity contribution in [3.8, 4) is 12.3 Å². The fourth-order valence-electron chi connectivity index (χ4n) is 1.06. The van der Waals surface area contributed by atoms with E-state index in [9.17, 15) is 4.39 Å². The summed E-state index contributed by atoms with van der Waals surface area (Å²) in [4.78, 5) is 3.66. The van der Waals surface area contributed by atoms with E-state index in [1.165, 1.54) is 6.20 Å². The standard InChI is InChI=1S/C10H11FN2/c1-3-5-13-8(2)9-4-6-12-7-10(9)11/h1,4,6-8,13H,5H2,2H3. The van der Waals surface area contributed by atoms with Gasteiger partial charge >= 0.3 is 0 Å². The Morgan fingerprint density at radius 2 is 2.54 bits per heavy atom. The Morgan fingerprint density at radius 1 is 1.77 bits per heavy atom. The van der Waals surface area contributed by atoms with Gasteiger partial charge in [0.25, 0.3) is 0 Å². The molecule has 0 aliphatic heterocycles. The van der Waals surface area contributed by atoms with Crippen molar-refractivity contribution in [2.45, 2.75) is 13.0 Å². The number of terminal acetylenes is 1. The van der Waals surface area contributed by atoms with Crippen molar-refractivity contribution in [3.05, 3.63) is 29.8 Å². The maximum Gasteiger partial charge on any atom is 0.146 e. The van der Waals surface area contributed by atoms with Crippen molar-refractivity contribution in [3.63, 3.8) is 0 Å². The molecule has 13 heavy (non-hydrogen) atoms. The lowest BCUT2D eigenvalue weighted by Crippen LogP contribution is -2.19. The molecular formula is C10H11FN2. The zero-order valence-electron chi connectivity index (χ0n) is 7.42. The molecule has 1 heterocycles. The first-order valence-electron chi connectivity index (χ1n) is 4.02. The Kier molecular flexibility index (Phi) is 3.41. The number of halogens is 1. The van der Waals surface area contributed by atoms with Crippen LogP contribution in [0.2, 0.25) is 0 Å². The molecule has 0 aliphatic carbocycles. The van der Waals surface area contributed by atoms with E-state index in [1.807, 2.05) is 6.92 Å². The second-order valence-corrected chi connectivity index (χ2v) is 2.70. The van der Waals surface area contributed by atoms with Crippen LogP contribution in [0, 0.1) is 18.2 Å². The maximum atomic E-state index is 13.1. The van der Waals surface area contributed by atoms with E-state index in [-0.39, 0.29) is 11.9 Å². The topological polar surface area (TPSA) is 24.9 Å². The van der Waals surface area contributed by atoms with E-state index in [4.69, 9.17) is 6.42 Å². The highest BCUT2D eigenvalue weighted by Crippen LogP contribution is 2.14. The van der Waals surface area contributed by atoms with E-state index in [2.05, 4.69) is 16.2 Å². The van der Waals surface area contributed by atoms with Gasteiger partial charge < -0.3 is 0 Å². The molecule has 3 heteroatoms. The number of rotatable bonds is 3. The number of nitrogens with one attached hydrogen (secondary N) is 1. The average Bonchev–Trinajstić information content (AvgIpc) is 2.15. The van der Waals surface area contributed by atoms with Crippen LogP contribution in [0.25, 0.3) is 0 Å². The average molecular weight is 178 g/mol. The summed E-state index contributed by atoms with van der Waals surface area (Å²) in [6.45, 7) is 2.29. The number of pyridine rings is 1. The van der Waals surface area contributed by atoms with Gasteiger partial charge in [-0.25, -0.2) is 4.39 Å². The van der Waals surface area contributed by atoms with Crippen molar-refractivity contribution in [2.24, 2.45) is 0 Å². The van der Waals surface area contributed by atoms with E-state index in [0.717, 1.165) is 0 Å². The van der Waals surface area contributed by atoms with Gasteiger partial charge in [0.2, 0.25) is 0 Å².